The minimum Gasteiger partial charge on any atom is -0.466 e. The number of hydrogen-bond acceptors (Lipinski definition) is 5. The third-order valence-electron chi connectivity index (χ3n) is 3.53. The number of halogens is 2. The molecule has 0 saturated carbocycles. The van der Waals surface area contributed by atoms with Gasteiger partial charge in [-0.1, -0.05) is 29.3 Å². The first-order valence-corrected chi connectivity index (χ1v) is 10.1. The molecule has 26 heavy (non-hydrogen) atoms. The number of nitrogens with zero attached hydrogens (tertiary/aromatic N) is 1. The van der Waals surface area contributed by atoms with E-state index in [-0.39, 0.29) is 27.3 Å². The summed E-state index contributed by atoms with van der Waals surface area (Å²) >= 11 is 12.3. The molecule has 2 rings (SSSR count). The van der Waals surface area contributed by atoms with Gasteiger partial charge in [0.25, 0.3) is 0 Å². The number of carbonyl (C=O) groups is 1. The molecule has 1 aromatic carbocycles. The van der Waals surface area contributed by atoms with E-state index >= 15 is 0 Å². The van der Waals surface area contributed by atoms with Gasteiger partial charge in [-0.05, 0) is 38.2 Å². The largest absolute Gasteiger partial charge is 0.466 e. The highest BCUT2D eigenvalue weighted by Crippen LogP contribution is 2.34. The van der Waals surface area contributed by atoms with Crippen LogP contribution in [-0.2, 0) is 26.0 Å². The van der Waals surface area contributed by atoms with Crippen molar-refractivity contribution in [2.75, 3.05) is 13.7 Å². The molecular weight excluding hydrogens is 399 g/mol. The summed E-state index contributed by atoms with van der Waals surface area (Å²) in [4.78, 5) is 15.8. The van der Waals surface area contributed by atoms with Crippen molar-refractivity contribution in [3.05, 3.63) is 46.1 Å². The van der Waals surface area contributed by atoms with Crippen molar-refractivity contribution in [3.63, 3.8) is 0 Å². The molecule has 0 bridgehead atoms. The Labute approximate surface area is 162 Å². The van der Waals surface area contributed by atoms with Crippen molar-refractivity contribution in [1.82, 2.24) is 9.71 Å². The molecule has 1 N–H and O–H groups in total. The van der Waals surface area contributed by atoms with Crippen LogP contribution in [0.3, 0.4) is 0 Å². The number of esters is 1. The summed E-state index contributed by atoms with van der Waals surface area (Å²) in [6.07, 6.45) is 0.658. The lowest BCUT2D eigenvalue weighted by Gasteiger charge is -2.11. The Kier molecular flexibility index (Phi) is 7.00. The van der Waals surface area contributed by atoms with Crippen LogP contribution in [0.25, 0.3) is 11.3 Å². The predicted molar refractivity (Wildman–Crippen MR) is 101 cm³/mol. The predicted octanol–water partition coefficient (Wildman–Crippen LogP) is 3.46. The topological polar surface area (TPSA) is 85.4 Å². The molecule has 0 spiro atoms. The van der Waals surface area contributed by atoms with Crippen molar-refractivity contribution in [3.8, 4) is 11.3 Å². The zero-order chi connectivity index (χ0) is 19.3. The number of rotatable bonds is 7. The number of sulfonamides is 1. The van der Waals surface area contributed by atoms with Crippen molar-refractivity contribution >= 4 is 39.2 Å². The number of ether oxygens (including phenoxy) is 1. The van der Waals surface area contributed by atoms with Gasteiger partial charge in [-0.2, -0.15) is 0 Å². The van der Waals surface area contributed by atoms with E-state index in [1.54, 1.807) is 25.1 Å². The summed E-state index contributed by atoms with van der Waals surface area (Å²) in [6, 6.07) is 8.33. The third-order valence-corrected chi connectivity index (χ3v) is 5.86. The molecule has 1 aromatic heterocycles. The number of carbonyl (C=O) groups excluding carboxylic acids is 1. The second kappa shape index (κ2) is 8.81. The molecule has 140 valence electrons. The maximum absolute atomic E-state index is 12.0. The number of pyridine rings is 1. The SMILES string of the molecule is CCOC(=O)CCc1cccc(-c2cc(Cl)c(S(=O)(=O)NC)c(Cl)c2)n1. The van der Waals surface area contributed by atoms with Gasteiger partial charge in [0, 0.05) is 17.7 Å². The standard InChI is InChI=1S/C17H18Cl2N2O4S/c1-3-25-16(22)8-7-12-5-4-6-15(21-12)11-9-13(18)17(14(19)10-11)26(23,24)20-2/h4-6,9-10,20H,3,7-8H2,1-2H3. The molecule has 0 aliphatic heterocycles. The van der Waals surface area contributed by atoms with Gasteiger partial charge < -0.3 is 4.74 Å². The maximum atomic E-state index is 12.0. The Balaban J connectivity index is 2.32. The minimum absolute atomic E-state index is 0.000534. The summed E-state index contributed by atoms with van der Waals surface area (Å²) in [5, 5.41) is 0.00107. The second-order valence-corrected chi connectivity index (χ2v) is 7.93. The van der Waals surface area contributed by atoms with Crippen molar-refractivity contribution in [2.45, 2.75) is 24.7 Å². The molecule has 9 heteroatoms. The van der Waals surface area contributed by atoms with Gasteiger partial charge in [-0.3, -0.25) is 9.78 Å². The average Bonchev–Trinajstić information content (AvgIpc) is 2.59. The number of benzene rings is 1. The molecule has 0 saturated heterocycles. The van der Waals surface area contributed by atoms with Gasteiger partial charge in [0.1, 0.15) is 4.90 Å². The normalized spacial score (nSPS) is 11.4. The van der Waals surface area contributed by atoms with E-state index in [0.29, 0.717) is 30.0 Å². The fourth-order valence-corrected chi connectivity index (χ4v) is 4.24. The maximum Gasteiger partial charge on any atom is 0.306 e. The molecule has 1 heterocycles. The summed E-state index contributed by atoms with van der Waals surface area (Å²) in [6.45, 7) is 2.09. The highest BCUT2D eigenvalue weighted by molar-refractivity contribution is 7.89. The Morgan fingerprint density at radius 1 is 1.23 bits per heavy atom. The number of hydrogen-bond donors (Lipinski definition) is 1. The Bertz CT molecular complexity index is 894. The van der Waals surface area contributed by atoms with Gasteiger partial charge in [-0.25, -0.2) is 13.1 Å². The van der Waals surface area contributed by atoms with Gasteiger partial charge in [0.05, 0.1) is 28.8 Å². The molecule has 0 amide bonds. The van der Waals surface area contributed by atoms with E-state index in [0.717, 1.165) is 0 Å². The summed E-state index contributed by atoms with van der Waals surface area (Å²) < 4.78 is 31.1. The molecule has 0 atom stereocenters. The smallest absolute Gasteiger partial charge is 0.306 e. The molecular formula is C17H18Cl2N2O4S. The molecule has 0 radical (unpaired) electrons. The van der Waals surface area contributed by atoms with Gasteiger partial charge in [0.15, 0.2) is 0 Å². The van der Waals surface area contributed by atoms with Crippen molar-refractivity contribution in [1.29, 1.82) is 0 Å². The lowest BCUT2D eigenvalue weighted by Crippen LogP contribution is -2.19. The summed E-state index contributed by atoms with van der Waals surface area (Å²) in [7, 11) is -2.49. The zero-order valence-corrected chi connectivity index (χ0v) is 16.6. The molecule has 0 aliphatic rings. The number of nitrogens with one attached hydrogen (secondary N) is 1. The minimum atomic E-state index is -3.78. The van der Waals surface area contributed by atoms with E-state index < -0.39 is 10.0 Å². The first kappa shape index (κ1) is 20.6. The van der Waals surface area contributed by atoms with Crippen LogP contribution in [0, 0.1) is 0 Å². The van der Waals surface area contributed by atoms with E-state index in [9.17, 15) is 13.2 Å². The highest BCUT2D eigenvalue weighted by Gasteiger charge is 2.21. The van der Waals surface area contributed by atoms with E-state index in [1.165, 1.54) is 19.2 Å². The third kappa shape index (κ3) is 4.94. The molecule has 2 aromatic rings. The molecule has 0 fully saturated rings. The van der Waals surface area contributed by atoms with E-state index in [4.69, 9.17) is 27.9 Å². The van der Waals surface area contributed by atoms with Crippen LogP contribution in [0.2, 0.25) is 10.0 Å². The van der Waals surface area contributed by atoms with Crippen LogP contribution in [0.5, 0.6) is 0 Å². The van der Waals surface area contributed by atoms with Gasteiger partial charge in [-0.15, -0.1) is 0 Å². The summed E-state index contributed by atoms with van der Waals surface area (Å²) in [5.74, 6) is -0.285. The van der Waals surface area contributed by atoms with Crippen molar-refractivity contribution in [2.24, 2.45) is 0 Å². The molecule has 0 aliphatic carbocycles. The van der Waals surface area contributed by atoms with Crippen LogP contribution in [0.15, 0.2) is 35.2 Å². The quantitative estimate of drug-likeness (QED) is 0.698. The Morgan fingerprint density at radius 2 is 1.88 bits per heavy atom. The van der Waals surface area contributed by atoms with Crippen LogP contribution in [0.4, 0.5) is 0 Å². The summed E-state index contributed by atoms with van der Waals surface area (Å²) in [5.41, 5.74) is 1.85. The molecule has 6 nitrogen and oxygen atoms in total. The van der Waals surface area contributed by atoms with Gasteiger partial charge >= 0.3 is 5.97 Å². The van der Waals surface area contributed by atoms with E-state index in [2.05, 4.69) is 9.71 Å². The highest BCUT2D eigenvalue weighted by atomic mass is 35.5. The number of aromatic nitrogens is 1. The zero-order valence-electron chi connectivity index (χ0n) is 14.3. The Morgan fingerprint density at radius 3 is 2.46 bits per heavy atom. The second-order valence-electron chi connectivity index (χ2n) is 5.30. The number of aryl methyl sites for hydroxylation is 1. The van der Waals surface area contributed by atoms with Crippen molar-refractivity contribution < 1.29 is 17.9 Å². The monoisotopic (exact) mass is 416 g/mol. The fourth-order valence-electron chi connectivity index (χ4n) is 2.31. The Hall–Kier alpha value is -1.67. The molecule has 0 unspecified atom stereocenters. The fraction of sp³-hybridized carbons (Fsp3) is 0.294. The van der Waals surface area contributed by atoms with Crippen LogP contribution in [0.1, 0.15) is 19.0 Å². The van der Waals surface area contributed by atoms with Crippen LogP contribution in [-0.4, -0.2) is 33.0 Å². The van der Waals surface area contributed by atoms with E-state index in [1.807, 2.05) is 0 Å². The first-order valence-electron chi connectivity index (χ1n) is 7.83. The van der Waals surface area contributed by atoms with Gasteiger partial charge in [0.2, 0.25) is 10.0 Å². The first-order chi connectivity index (χ1) is 12.3. The average molecular weight is 417 g/mol. The lowest BCUT2D eigenvalue weighted by atomic mass is 10.1. The van der Waals surface area contributed by atoms with Crippen LogP contribution < -0.4 is 4.72 Å². The van der Waals surface area contributed by atoms with Crippen LogP contribution >= 0.6 is 23.2 Å². The lowest BCUT2D eigenvalue weighted by molar-refractivity contribution is -0.143.